The van der Waals surface area contributed by atoms with E-state index in [1.807, 2.05) is 12.3 Å². The number of rotatable bonds is 15. The molecule has 1 heterocycles. The Balaban J connectivity index is 1.71. The maximum absolute atomic E-state index is 5.81. The summed E-state index contributed by atoms with van der Waals surface area (Å²) in [6, 6.07) is 13.0. The monoisotopic (exact) mass is 381 g/mol. The SMILES string of the molecule is CCCCCCCCc1ccc(-c2ccc(OCCCCCCC)cn2)cc1. The molecule has 1 aromatic carbocycles. The lowest BCUT2D eigenvalue weighted by atomic mass is 10.0. The smallest absolute Gasteiger partial charge is 0.137 e. The van der Waals surface area contributed by atoms with Crippen molar-refractivity contribution in [3.63, 3.8) is 0 Å². The van der Waals surface area contributed by atoms with Crippen LogP contribution in [0.15, 0.2) is 42.6 Å². The van der Waals surface area contributed by atoms with Gasteiger partial charge in [-0.1, -0.05) is 95.9 Å². The van der Waals surface area contributed by atoms with Crippen LogP contribution < -0.4 is 4.74 Å². The van der Waals surface area contributed by atoms with Crippen LogP contribution in [0.5, 0.6) is 5.75 Å². The molecular formula is C26H39NO. The van der Waals surface area contributed by atoms with Crippen molar-refractivity contribution in [2.24, 2.45) is 0 Å². The van der Waals surface area contributed by atoms with Crippen molar-refractivity contribution >= 4 is 0 Å². The number of hydrogen-bond acceptors (Lipinski definition) is 2. The maximum atomic E-state index is 5.81. The van der Waals surface area contributed by atoms with Gasteiger partial charge in [0.05, 0.1) is 18.5 Å². The molecule has 0 aliphatic carbocycles. The number of nitrogens with zero attached hydrogens (tertiary/aromatic N) is 1. The first-order valence-electron chi connectivity index (χ1n) is 11.5. The molecule has 0 bridgehead atoms. The van der Waals surface area contributed by atoms with Gasteiger partial charge in [0.1, 0.15) is 5.75 Å². The fourth-order valence-electron chi connectivity index (χ4n) is 3.48. The van der Waals surface area contributed by atoms with Crippen molar-refractivity contribution in [1.29, 1.82) is 0 Å². The number of hydrogen-bond donors (Lipinski definition) is 0. The molecule has 154 valence electrons. The van der Waals surface area contributed by atoms with E-state index in [1.165, 1.54) is 81.8 Å². The molecule has 2 rings (SSSR count). The van der Waals surface area contributed by atoms with Crippen LogP contribution in [0.1, 0.15) is 90.0 Å². The fraction of sp³-hybridized carbons (Fsp3) is 0.577. The molecule has 0 saturated heterocycles. The van der Waals surface area contributed by atoms with E-state index in [4.69, 9.17) is 4.74 Å². The molecule has 0 aliphatic heterocycles. The summed E-state index contributed by atoms with van der Waals surface area (Å²) >= 11 is 0. The fourth-order valence-corrected chi connectivity index (χ4v) is 3.48. The number of unbranched alkanes of at least 4 members (excludes halogenated alkanes) is 9. The van der Waals surface area contributed by atoms with Crippen LogP contribution in [0.2, 0.25) is 0 Å². The Labute approximate surface area is 172 Å². The summed E-state index contributed by atoms with van der Waals surface area (Å²) in [4.78, 5) is 4.59. The quantitative estimate of drug-likeness (QED) is 0.291. The van der Waals surface area contributed by atoms with E-state index in [9.17, 15) is 0 Å². The van der Waals surface area contributed by atoms with Crippen molar-refractivity contribution in [1.82, 2.24) is 4.98 Å². The van der Waals surface area contributed by atoms with E-state index in [0.717, 1.165) is 24.5 Å². The molecule has 0 aliphatic rings. The lowest BCUT2D eigenvalue weighted by Crippen LogP contribution is -1.98. The third-order valence-corrected chi connectivity index (χ3v) is 5.32. The van der Waals surface area contributed by atoms with Crippen LogP contribution in [0, 0.1) is 0 Å². The van der Waals surface area contributed by atoms with Crippen LogP contribution in [-0.4, -0.2) is 11.6 Å². The second-order valence-electron chi connectivity index (χ2n) is 7.86. The van der Waals surface area contributed by atoms with Crippen molar-refractivity contribution in [3.05, 3.63) is 48.2 Å². The normalized spacial score (nSPS) is 10.9. The zero-order valence-corrected chi connectivity index (χ0v) is 18.1. The molecule has 0 spiro atoms. The van der Waals surface area contributed by atoms with Gasteiger partial charge in [0.15, 0.2) is 0 Å². The van der Waals surface area contributed by atoms with Gasteiger partial charge in [0.2, 0.25) is 0 Å². The predicted octanol–water partition coefficient (Wildman–Crippen LogP) is 8.00. The highest BCUT2D eigenvalue weighted by Gasteiger charge is 2.02. The van der Waals surface area contributed by atoms with Crippen LogP contribution in [0.3, 0.4) is 0 Å². The summed E-state index contributed by atoms with van der Waals surface area (Å²) in [5.41, 5.74) is 3.63. The molecule has 0 radical (unpaired) electrons. The highest BCUT2D eigenvalue weighted by atomic mass is 16.5. The van der Waals surface area contributed by atoms with E-state index in [-0.39, 0.29) is 0 Å². The van der Waals surface area contributed by atoms with Crippen LogP contribution in [0.4, 0.5) is 0 Å². The highest BCUT2D eigenvalue weighted by molar-refractivity contribution is 5.59. The summed E-state index contributed by atoms with van der Waals surface area (Å²) < 4.78 is 5.81. The van der Waals surface area contributed by atoms with E-state index in [2.05, 4.69) is 49.2 Å². The third kappa shape index (κ3) is 8.91. The molecule has 2 nitrogen and oxygen atoms in total. The summed E-state index contributed by atoms with van der Waals surface area (Å²) in [6.07, 6.45) is 17.5. The van der Waals surface area contributed by atoms with Crippen molar-refractivity contribution in [2.45, 2.75) is 90.9 Å². The average Bonchev–Trinajstić information content (AvgIpc) is 2.74. The molecule has 0 unspecified atom stereocenters. The first-order valence-corrected chi connectivity index (χ1v) is 11.5. The maximum Gasteiger partial charge on any atom is 0.137 e. The van der Waals surface area contributed by atoms with Crippen LogP contribution in [-0.2, 0) is 6.42 Å². The average molecular weight is 382 g/mol. The molecular weight excluding hydrogens is 342 g/mol. The molecule has 0 atom stereocenters. The number of ether oxygens (including phenoxy) is 1. The van der Waals surface area contributed by atoms with Gasteiger partial charge in [0, 0.05) is 5.56 Å². The summed E-state index contributed by atoms with van der Waals surface area (Å²) in [5, 5.41) is 0. The summed E-state index contributed by atoms with van der Waals surface area (Å²) in [6.45, 7) is 5.30. The Morgan fingerprint density at radius 2 is 1.32 bits per heavy atom. The highest BCUT2D eigenvalue weighted by Crippen LogP contribution is 2.21. The van der Waals surface area contributed by atoms with Gasteiger partial charge in [-0.05, 0) is 37.0 Å². The first-order chi connectivity index (χ1) is 13.8. The van der Waals surface area contributed by atoms with Gasteiger partial charge in [-0.15, -0.1) is 0 Å². The van der Waals surface area contributed by atoms with Crippen LogP contribution in [0.25, 0.3) is 11.3 Å². The lowest BCUT2D eigenvalue weighted by Gasteiger charge is -2.08. The molecule has 1 aromatic heterocycles. The number of aromatic nitrogens is 1. The summed E-state index contributed by atoms with van der Waals surface area (Å²) in [7, 11) is 0. The third-order valence-electron chi connectivity index (χ3n) is 5.32. The Bertz CT molecular complexity index is 560. The van der Waals surface area contributed by atoms with Crippen LogP contribution >= 0.6 is 0 Å². The summed E-state index contributed by atoms with van der Waals surface area (Å²) in [5.74, 6) is 0.874. The molecule has 0 amide bonds. The Morgan fingerprint density at radius 1 is 0.679 bits per heavy atom. The topological polar surface area (TPSA) is 22.1 Å². The minimum atomic E-state index is 0.790. The number of pyridine rings is 1. The predicted molar refractivity (Wildman–Crippen MR) is 121 cm³/mol. The molecule has 2 heteroatoms. The van der Waals surface area contributed by atoms with Crippen molar-refractivity contribution in [2.75, 3.05) is 6.61 Å². The largest absolute Gasteiger partial charge is 0.492 e. The van der Waals surface area contributed by atoms with Gasteiger partial charge in [-0.2, -0.15) is 0 Å². The lowest BCUT2D eigenvalue weighted by molar-refractivity contribution is 0.303. The van der Waals surface area contributed by atoms with Gasteiger partial charge in [0.25, 0.3) is 0 Å². The Hall–Kier alpha value is -1.83. The molecule has 0 saturated carbocycles. The molecule has 28 heavy (non-hydrogen) atoms. The van der Waals surface area contributed by atoms with Gasteiger partial charge < -0.3 is 4.74 Å². The standard InChI is InChI=1S/C26H39NO/c1-3-5-7-9-10-12-14-23-15-17-24(18-16-23)26-20-19-25(22-27-26)28-21-13-11-8-6-4-2/h15-20,22H,3-14,21H2,1-2H3. The second kappa shape index (κ2) is 14.2. The molecule has 0 N–H and O–H groups in total. The van der Waals surface area contributed by atoms with E-state index in [1.54, 1.807) is 0 Å². The Kier molecular flexibility index (Phi) is 11.4. The second-order valence-corrected chi connectivity index (χ2v) is 7.86. The van der Waals surface area contributed by atoms with Crippen molar-refractivity contribution < 1.29 is 4.74 Å². The van der Waals surface area contributed by atoms with Crippen molar-refractivity contribution in [3.8, 4) is 17.0 Å². The van der Waals surface area contributed by atoms with E-state index < -0.39 is 0 Å². The van der Waals surface area contributed by atoms with E-state index >= 15 is 0 Å². The zero-order chi connectivity index (χ0) is 19.9. The number of benzene rings is 1. The number of aryl methyl sites for hydroxylation is 1. The van der Waals surface area contributed by atoms with Gasteiger partial charge >= 0.3 is 0 Å². The van der Waals surface area contributed by atoms with Gasteiger partial charge in [-0.3, -0.25) is 4.98 Å². The minimum Gasteiger partial charge on any atom is -0.492 e. The van der Waals surface area contributed by atoms with E-state index in [0.29, 0.717) is 0 Å². The zero-order valence-electron chi connectivity index (χ0n) is 18.1. The molecule has 0 fully saturated rings. The first kappa shape index (κ1) is 22.5. The Morgan fingerprint density at radius 3 is 1.96 bits per heavy atom. The van der Waals surface area contributed by atoms with Gasteiger partial charge in [-0.25, -0.2) is 0 Å². The minimum absolute atomic E-state index is 0.790. The molecule has 2 aromatic rings.